The van der Waals surface area contributed by atoms with E-state index in [4.69, 9.17) is 0 Å². The third kappa shape index (κ3) is 3.47. The number of aryl methyl sites for hydroxylation is 2. The minimum absolute atomic E-state index is 0.269. The monoisotopic (exact) mass is 337 g/mol. The van der Waals surface area contributed by atoms with Crippen LogP contribution in [-0.4, -0.2) is 22.1 Å². The Balaban J connectivity index is 1.69. The molecule has 0 atom stereocenters. The van der Waals surface area contributed by atoms with Gasteiger partial charge in [0.05, 0.1) is 5.56 Å². The SMILES string of the molecule is Cc1cc(NC(=O)NCc2cccc3[nH]ccc23)cc(C)c1C(=O)O. The molecule has 1 heterocycles. The van der Waals surface area contributed by atoms with Crippen LogP contribution in [0.5, 0.6) is 0 Å². The van der Waals surface area contributed by atoms with Crippen LogP contribution < -0.4 is 10.6 Å². The van der Waals surface area contributed by atoms with Crippen molar-refractivity contribution in [1.82, 2.24) is 10.3 Å². The molecule has 1 aromatic heterocycles. The van der Waals surface area contributed by atoms with Crippen molar-refractivity contribution in [2.24, 2.45) is 0 Å². The van der Waals surface area contributed by atoms with Gasteiger partial charge >= 0.3 is 12.0 Å². The maximum Gasteiger partial charge on any atom is 0.336 e. The number of nitrogens with one attached hydrogen (secondary N) is 3. The number of carboxylic acid groups (broad SMARTS) is 1. The van der Waals surface area contributed by atoms with E-state index in [1.54, 1.807) is 26.0 Å². The number of hydrogen-bond acceptors (Lipinski definition) is 2. The third-order valence-corrected chi connectivity index (χ3v) is 4.13. The Morgan fingerprint density at radius 2 is 1.84 bits per heavy atom. The molecule has 0 aliphatic heterocycles. The highest BCUT2D eigenvalue weighted by molar-refractivity contribution is 5.94. The van der Waals surface area contributed by atoms with Gasteiger partial charge < -0.3 is 20.7 Å². The molecule has 0 saturated heterocycles. The highest BCUT2D eigenvalue weighted by atomic mass is 16.4. The standard InChI is InChI=1S/C19H19N3O3/c1-11-8-14(9-12(2)17(11)18(23)24)22-19(25)21-10-13-4-3-5-16-15(13)6-7-20-16/h3-9,20H,10H2,1-2H3,(H,23,24)(H2,21,22,25). The number of urea groups is 1. The predicted molar refractivity (Wildman–Crippen MR) is 97.0 cm³/mol. The molecule has 0 aliphatic carbocycles. The van der Waals surface area contributed by atoms with Crippen LogP contribution in [0.2, 0.25) is 0 Å². The number of rotatable bonds is 4. The molecule has 0 saturated carbocycles. The maximum atomic E-state index is 12.2. The molecule has 2 amide bonds. The summed E-state index contributed by atoms with van der Waals surface area (Å²) < 4.78 is 0. The number of carbonyl (C=O) groups is 2. The summed E-state index contributed by atoms with van der Waals surface area (Å²) in [5, 5.41) is 15.8. The fourth-order valence-electron chi connectivity index (χ4n) is 3.03. The average molecular weight is 337 g/mol. The molecule has 0 aliphatic rings. The van der Waals surface area contributed by atoms with Crippen molar-refractivity contribution in [2.75, 3.05) is 5.32 Å². The first kappa shape index (κ1) is 16.6. The fraction of sp³-hybridized carbons (Fsp3) is 0.158. The molecular formula is C19H19N3O3. The predicted octanol–water partition coefficient (Wildman–Crippen LogP) is 3.80. The molecule has 6 heteroatoms. The number of carbonyl (C=O) groups excluding carboxylic acids is 1. The van der Waals surface area contributed by atoms with Crippen molar-refractivity contribution < 1.29 is 14.7 Å². The first-order valence-corrected chi connectivity index (χ1v) is 7.90. The summed E-state index contributed by atoms with van der Waals surface area (Å²) in [6.07, 6.45) is 1.86. The third-order valence-electron chi connectivity index (χ3n) is 4.13. The van der Waals surface area contributed by atoms with E-state index in [-0.39, 0.29) is 11.6 Å². The van der Waals surface area contributed by atoms with Gasteiger partial charge in [0.25, 0.3) is 0 Å². The molecular weight excluding hydrogens is 318 g/mol. The van der Waals surface area contributed by atoms with Gasteiger partial charge in [-0.1, -0.05) is 12.1 Å². The normalized spacial score (nSPS) is 10.6. The molecule has 0 unspecified atom stereocenters. The van der Waals surface area contributed by atoms with Crippen LogP contribution in [-0.2, 0) is 6.54 Å². The van der Waals surface area contributed by atoms with Crippen molar-refractivity contribution in [3.8, 4) is 0 Å². The molecule has 3 aromatic rings. The van der Waals surface area contributed by atoms with E-state index in [9.17, 15) is 14.7 Å². The Hall–Kier alpha value is -3.28. The van der Waals surface area contributed by atoms with Crippen molar-refractivity contribution in [3.63, 3.8) is 0 Å². The van der Waals surface area contributed by atoms with Gasteiger partial charge in [0.2, 0.25) is 0 Å². The fourth-order valence-corrected chi connectivity index (χ4v) is 3.03. The van der Waals surface area contributed by atoms with Crippen LogP contribution in [0.3, 0.4) is 0 Å². The highest BCUT2D eigenvalue weighted by Gasteiger charge is 2.13. The summed E-state index contributed by atoms with van der Waals surface area (Å²) in [5.74, 6) is -0.967. The lowest BCUT2D eigenvalue weighted by atomic mass is 10.0. The van der Waals surface area contributed by atoms with Gasteiger partial charge in [0, 0.05) is 29.3 Å². The molecule has 0 spiro atoms. The Bertz CT molecular complexity index is 936. The zero-order valence-electron chi connectivity index (χ0n) is 14.0. The highest BCUT2D eigenvalue weighted by Crippen LogP contribution is 2.20. The van der Waals surface area contributed by atoms with Crippen LogP contribution in [0.15, 0.2) is 42.6 Å². The summed E-state index contributed by atoms with van der Waals surface area (Å²) >= 11 is 0. The van der Waals surface area contributed by atoms with E-state index in [2.05, 4.69) is 15.6 Å². The van der Waals surface area contributed by atoms with Crippen molar-refractivity contribution >= 4 is 28.6 Å². The topological polar surface area (TPSA) is 94.2 Å². The number of aromatic carboxylic acids is 1. The van der Waals surface area contributed by atoms with Crippen LogP contribution in [0.4, 0.5) is 10.5 Å². The summed E-state index contributed by atoms with van der Waals surface area (Å²) in [6.45, 7) is 3.82. The van der Waals surface area contributed by atoms with Gasteiger partial charge in [-0.2, -0.15) is 0 Å². The lowest BCUT2D eigenvalue weighted by Crippen LogP contribution is -2.28. The Morgan fingerprint density at radius 3 is 2.52 bits per heavy atom. The van der Waals surface area contributed by atoms with Crippen LogP contribution in [0.25, 0.3) is 10.9 Å². The first-order chi connectivity index (χ1) is 12.0. The zero-order valence-corrected chi connectivity index (χ0v) is 14.0. The van der Waals surface area contributed by atoms with E-state index in [0.717, 1.165) is 16.5 Å². The average Bonchev–Trinajstić information content (AvgIpc) is 3.00. The molecule has 0 bridgehead atoms. The van der Waals surface area contributed by atoms with Gasteiger partial charge in [0.1, 0.15) is 0 Å². The second-order valence-corrected chi connectivity index (χ2v) is 5.95. The Labute approximate surface area is 144 Å². The quantitative estimate of drug-likeness (QED) is 0.583. The summed E-state index contributed by atoms with van der Waals surface area (Å²) in [4.78, 5) is 26.5. The summed E-state index contributed by atoms with van der Waals surface area (Å²) in [5.41, 5.74) is 4.10. The molecule has 6 nitrogen and oxygen atoms in total. The number of anilines is 1. The van der Waals surface area contributed by atoms with Crippen LogP contribution in [0.1, 0.15) is 27.0 Å². The van der Waals surface area contributed by atoms with Crippen molar-refractivity contribution in [3.05, 3.63) is 64.8 Å². The molecule has 3 rings (SSSR count). The van der Waals surface area contributed by atoms with Gasteiger partial charge in [-0.25, -0.2) is 9.59 Å². The number of fused-ring (bicyclic) bond motifs is 1. The number of benzene rings is 2. The van der Waals surface area contributed by atoms with Crippen LogP contribution in [0, 0.1) is 13.8 Å². The number of aromatic nitrogens is 1. The Morgan fingerprint density at radius 1 is 1.12 bits per heavy atom. The smallest absolute Gasteiger partial charge is 0.336 e. The van der Waals surface area contributed by atoms with E-state index in [1.165, 1.54) is 0 Å². The number of aromatic amines is 1. The lowest BCUT2D eigenvalue weighted by Gasteiger charge is -2.12. The van der Waals surface area contributed by atoms with E-state index in [1.807, 2.05) is 30.5 Å². The number of amides is 2. The minimum Gasteiger partial charge on any atom is -0.478 e. The number of hydrogen-bond donors (Lipinski definition) is 4. The van der Waals surface area contributed by atoms with Gasteiger partial charge in [0.15, 0.2) is 0 Å². The maximum absolute atomic E-state index is 12.2. The molecule has 0 radical (unpaired) electrons. The molecule has 2 aromatic carbocycles. The first-order valence-electron chi connectivity index (χ1n) is 7.90. The minimum atomic E-state index is -0.967. The molecule has 4 N–H and O–H groups in total. The second kappa shape index (κ2) is 6.68. The molecule has 25 heavy (non-hydrogen) atoms. The van der Waals surface area contributed by atoms with Gasteiger partial charge in [-0.15, -0.1) is 0 Å². The van der Waals surface area contributed by atoms with Gasteiger partial charge in [-0.3, -0.25) is 0 Å². The van der Waals surface area contributed by atoms with E-state index >= 15 is 0 Å². The summed E-state index contributed by atoms with van der Waals surface area (Å²) in [7, 11) is 0. The molecule has 0 fully saturated rings. The van der Waals surface area contributed by atoms with E-state index in [0.29, 0.717) is 23.4 Å². The second-order valence-electron chi connectivity index (χ2n) is 5.95. The largest absolute Gasteiger partial charge is 0.478 e. The van der Waals surface area contributed by atoms with Crippen molar-refractivity contribution in [1.29, 1.82) is 0 Å². The lowest BCUT2D eigenvalue weighted by molar-refractivity contribution is 0.0695. The summed E-state index contributed by atoms with van der Waals surface area (Å²) in [6, 6.07) is 10.8. The number of H-pyrrole nitrogens is 1. The van der Waals surface area contributed by atoms with Crippen LogP contribution >= 0.6 is 0 Å². The molecule has 128 valence electrons. The van der Waals surface area contributed by atoms with Crippen molar-refractivity contribution in [2.45, 2.75) is 20.4 Å². The number of carboxylic acids is 1. The zero-order chi connectivity index (χ0) is 18.0. The Kier molecular flexibility index (Phi) is 4.43. The van der Waals surface area contributed by atoms with E-state index < -0.39 is 5.97 Å². The van der Waals surface area contributed by atoms with Gasteiger partial charge in [-0.05, 0) is 54.8 Å².